The van der Waals surface area contributed by atoms with Crippen molar-refractivity contribution in [1.29, 1.82) is 0 Å². The van der Waals surface area contributed by atoms with E-state index >= 15 is 0 Å². The molecule has 1 saturated heterocycles. The van der Waals surface area contributed by atoms with Gasteiger partial charge in [0, 0.05) is 18.5 Å². The minimum absolute atomic E-state index is 0.323. The second kappa shape index (κ2) is 7.10. The first kappa shape index (κ1) is 15.3. The van der Waals surface area contributed by atoms with E-state index in [-0.39, 0.29) is 0 Å². The van der Waals surface area contributed by atoms with E-state index in [2.05, 4.69) is 53.8 Å². The summed E-state index contributed by atoms with van der Waals surface area (Å²) in [5, 5.41) is 3.32. The fourth-order valence-corrected chi connectivity index (χ4v) is 3.29. The summed E-state index contributed by atoms with van der Waals surface area (Å²) in [6, 6.07) is 17.0. The number of hydrogen-bond donors (Lipinski definition) is 1. The zero-order valence-electron chi connectivity index (χ0n) is 13.8. The fourth-order valence-electron chi connectivity index (χ4n) is 3.29. The highest BCUT2D eigenvalue weighted by Crippen LogP contribution is 2.25. The Morgan fingerprint density at radius 2 is 1.92 bits per heavy atom. The molecule has 1 aromatic rings. The summed E-state index contributed by atoms with van der Waals surface area (Å²) in [6.07, 6.45) is 6.38. The SMILES string of the molecule is c1cc2coc(CCCc3ccc(O[C@H]4CCNC4)cc3)cc-2c1. The smallest absolute Gasteiger partial charge is 0.119 e. The van der Waals surface area contributed by atoms with Gasteiger partial charge < -0.3 is 14.5 Å². The second-order valence-corrected chi connectivity index (χ2v) is 6.51. The molecule has 1 N–H and O–H groups in total. The number of hydrogen-bond acceptors (Lipinski definition) is 3. The van der Waals surface area contributed by atoms with E-state index in [0.717, 1.165) is 50.3 Å². The lowest BCUT2D eigenvalue weighted by Gasteiger charge is -2.12. The summed E-state index contributed by atoms with van der Waals surface area (Å²) in [4.78, 5) is 0. The first-order valence-electron chi connectivity index (χ1n) is 8.79. The molecule has 0 radical (unpaired) electrons. The summed E-state index contributed by atoms with van der Waals surface area (Å²) in [5.74, 6) is 2.03. The standard InChI is InChI=1S/C21H23NO2/c1(6-20-13-17-4-2-5-18(17)15-23-20)3-16-7-9-19(10-8-16)24-21-11-12-22-14-21/h2,4-5,7-10,13,15,21-22H,1,3,6,11-12,14H2/t21-/m0/s1. The monoisotopic (exact) mass is 321 g/mol. The van der Waals surface area contributed by atoms with Gasteiger partial charge >= 0.3 is 0 Å². The van der Waals surface area contributed by atoms with Crippen LogP contribution in [0.2, 0.25) is 0 Å². The maximum absolute atomic E-state index is 5.96. The summed E-state index contributed by atoms with van der Waals surface area (Å²) in [6.45, 7) is 2.02. The molecule has 0 amide bonds. The molecule has 0 spiro atoms. The van der Waals surface area contributed by atoms with Crippen LogP contribution in [0.25, 0.3) is 11.1 Å². The molecule has 3 heteroatoms. The Balaban J connectivity index is 1.28. The zero-order chi connectivity index (χ0) is 16.2. The van der Waals surface area contributed by atoms with E-state index in [1.165, 1.54) is 16.7 Å². The molecule has 124 valence electrons. The minimum Gasteiger partial charge on any atom is -0.489 e. The Hall–Kier alpha value is -2.26. The molecule has 0 unspecified atom stereocenters. The predicted molar refractivity (Wildman–Crippen MR) is 95.7 cm³/mol. The maximum Gasteiger partial charge on any atom is 0.119 e. The number of fused-ring (bicyclic) bond motifs is 1. The molecule has 2 aliphatic heterocycles. The van der Waals surface area contributed by atoms with Crippen molar-refractivity contribution in [2.75, 3.05) is 13.1 Å². The molecular weight excluding hydrogens is 298 g/mol. The van der Waals surface area contributed by atoms with Gasteiger partial charge in [0.15, 0.2) is 0 Å². The molecule has 3 nitrogen and oxygen atoms in total. The first-order chi connectivity index (χ1) is 11.9. The van der Waals surface area contributed by atoms with E-state index in [9.17, 15) is 0 Å². The third-order valence-electron chi connectivity index (χ3n) is 4.67. The van der Waals surface area contributed by atoms with Gasteiger partial charge in [-0.2, -0.15) is 0 Å². The average Bonchev–Trinajstić information content (AvgIpc) is 3.27. The Morgan fingerprint density at radius 3 is 2.75 bits per heavy atom. The Morgan fingerprint density at radius 1 is 1.04 bits per heavy atom. The Labute approximate surface area is 143 Å². The molecule has 0 saturated carbocycles. The largest absolute Gasteiger partial charge is 0.489 e. The molecule has 3 aliphatic rings. The molecule has 1 aliphatic carbocycles. The quantitative estimate of drug-likeness (QED) is 0.735. The van der Waals surface area contributed by atoms with Crippen LogP contribution in [0.3, 0.4) is 0 Å². The van der Waals surface area contributed by atoms with Crippen LogP contribution in [0.1, 0.15) is 24.2 Å². The summed E-state index contributed by atoms with van der Waals surface area (Å²) < 4.78 is 11.7. The third-order valence-corrected chi connectivity index (χ3v) is 4.67. The van der Waals surface area contributed by atoms with Crippen molar-refractivity contribution in [2.24, 2.45) is 0 Å². The number of ether oxygens (including phenoxy) is 1. The van der Waals surface area contributed by atoms with Crippen LogP contribution < -0.4 is 10.1 Å². The lowest BCUT2D eigenvalue weighted by atomic mass is 10.1. The summed E-state index contributed by atoms with van der Waals surface area (Å²) in [5.41, 5.74) is 3.78. The van der Waals surface area contributed by atoms with Crippen LogP contribution >= 0.6 is 0 Å². The van der Waals surface area contributed by atoms with E-state index in [1.54, 1.807) is 0 Å². The van der Waals surface area contributed by atoms with Crippen molar-refractivity contribution in [1.82, 2.24) is 5.32 Å². The molecule has 1 fully saturated rings. The highest BCUT2D eigenvalue weighted by Gasteiger charge is 2.15. The van der Waals surface area contributed by atoms with Crippen LogP contribution in [0.15, 0.2) is 59.2 Å². The lowest BCUT2D eigenvalue weighted by Crippen LogP contribution is -2.19. The maximum atomic E-state index is 5.96. The van der Waals surface area contributed by atoms with Gasteiger partial charge in [0.1, 0.15) is 17.6 Å². The van der Waals surface area contributed by atoms with Crippen LogP contribution in [0, 0.1) is 0 Å². The molecule has 1 aromatic carbocycles. The van der Waals surface area contributed by atoms with Gasteiger partial charge in [-0.05, 0) is 55.1 Å². The molecule has 2 heterocycles. The van der Waals surface area contributed by atoms with Crippen LogP contribution in [0.4, 0.5) is 0 Å². The van der Waals surface area contributed by atoms with Gasteiger partial charge in [-0.25, -0.2) is 0 Å². The van der Waals surface area contributed by atoms with Crippen LogP contribution in [-0.2, 0) is 12.8 Å². The van der Waals surface area contributed by atoms with Gasteiger partial charge in [-0.3, -0.25) is 0 Å². The normalized spacial score (nSPS) is 17.4. The van der Waals surface area contributed by atoms with E-state index in [0.29, 0.717) is 6.10 Å². The van der Waals surface area contributed by atoms with Crippen LogP contribution in [0.5, 0.6) is 5.75 Å². The van der Waals surface area contributed by atoms with Crippen molar-refractivity contribution in [2.45, 2.75) is 31.8 Å². The minimum atomic E-state index is 0.323. The van der Waals surface area contributed by atoms with E-state index < -0.39 is 0 Å². The Kier molecular flexibility index (Phi) is 4.52. The highest BCUT2D eigenvalue weighted by molar-refractivity contribution is 5.64. The topological polar surface area (TPSA) is 34.4 Å². The van der Waals surface area contributed by atoms with Crippen molar-refractivity contribution in [3.05, 3.63) is 66.1 Å². The van der Waals surface area contributed by atoms with Gasteiger partial charge in [-0.15, -0.1) is 0 Å². The van der Waals surface area contributed by atoms with Gasteiger partial charge in [0.25, 0.3) is 0 Å². The number of rotatable bonds is 6. The lowest BCUT2D eigenvalue weighted by molar-refractivity contribution is 0.223. The molecule has 1 atom stereocenters. The first-order valence-corrected chi connectivity index (χ1v) is 8.79. The molecule has 0 bridgehead atoms. The molecular formula is C21H23NO2. The predicted octanol–water partition coefficient (Wildman–Crippen LogP) is 4.30. The summed E-state index contributed by atoms with van der Waals surface area (Å²) >= 11 is 0. The van der Waals surface area contributed by atoms with Gasteiger partial charge in [0.2, 0.25) is 0 Å². The van der Waals surface area contributed by atoms with Crippen molar-refractivity contribution in [3.8, 4) is 16.9 Å². The zero-order valence-corrected chi connectivity index (χ0v) is 13.8. The summed E-state index contributed by atoms with van der Waals surface area (Å²) in [7, 11) is 0. The number of nitrogens with one attached hydrogen (secondary N) is 1. The fraction of sp³-hybridized carbons (Fsp3) is 0.333. The molecule has 0 aromatic heterocycles. The molecule has 24 heavy (non-hydrogen) atoms. The Bertz CT molecular complexity index is 741. The number of aryl methyl sites for hydroxylation is 2. The van der Waals surface area contributed by atoms with Crippen LogP contribution in [-0.4, -0.2) is 19.2 Å². The second-order valence-electron chi connectivity index (χ2n) is 6.51. The van der Waals surface area contributed by atoms with E-state index in [4.69, 9.17) is 9.15 Å². The molecule has 4 rings (SSSR count). The van der Waals surface area contributed by atoms with Crippen molar-refractivity contribution >= 4 is 0 Å². The van der Waals surface area contributed by atoms with Crippen molar-refractivity contribution in [3.63, 3.8) is 0 Å². The van der Waals surface area contributed by atoms with Gasteiger partial charge in [-0.1, -0.05) is 30.3 Å². The number of benzene rings is 1. The van der Waals surface area contributed by atoms with Gasteiger partial charge in [0.05, 0.1) is 6.26 Å². The highest BCUT2D eigenvalue weighted by atomic mass is 16.5. The third kappa shape index (κ3) is 3.62. The van der Waals surface area contributed by atoms with E-state index in [1.807, 2.05) is 6.26 Å². The average molecular weight is 321 g/mol. The van der Waals surface area contributed by atoms with Crippen molar-refractivity contribution < 1.29 is 9.15 Å².